The Morgan fingerprint density at radius 2 is 1.79 bits per heavy atom. The summed E-state index contributed by atoms with van der Waals surface area (Å²) >= 11 is 0. The van der Waals surface area contributed by atoms with Crippen molar-refractivity contribution in [2.24, 2.45) is 7.05 Å². The van der Waals surface area contributed by atoms with Crippen LogP contribution in [0, 0.1) is 17.1 Å². The Hall–Kier alpha value is -3.58. The van der Waals surface area contributed by atoms with Crippen molar-refractivity contribution in [2.75, 3.05) is 25.5 Å². The van der Waals surface area contributed by atoms with Gasteiger partial charge in [0, 0.05) is 42.7 Å². The average Bonchev–Trinajstić information content (AvgIpc) is 2.90. The maximum Gasteiger partial charge on any atom is 0.274 e. The van der Waals surface area contributed by atoms with Crippen LogP contribution >= 0.6 is 0 Å². The number of rotatable bonds is 7. The van der Waals surface area contributed by atoms with Crippen LogP contribution in [0.5, 0.6) is 5.75 Å². The maximum atomic E-state index is 14.9. The third-order valence-corrected chi connectivity index (χ3v) is 7.59. The van der Waals surface area contributed by atoms with Crippen LogP contribution in [0.25, 0.3) is 10.8 Å². The summed E-state index contributed by atoms with van der Waals surface area (Å²) in [7, 11) is 3.00. The number of nitriles is 1. The Balaban J connectivity index is 1.84. The molecule has 0 amide bonds. The first-order chi connectivity index (χ1) is 18.0. The number of hydrogen-bond acceptors (Lipinski definition) is 6. The van der Waals surface area contributed by atoms with Gasteiger partial charge in [-0.1, -0.05) is 18.2 Å². The molecular formula is C28H32F3N5O2. The van der Waals surface area contributed by atoms with Gasteiger partial charge >= 0.3 is 0 Å². The van der Waals surface area contributed by atoms with E-state index < -0.39 is 29.3 Å². The van der Waals surface area contributed by atoms with Crippen molar-refractivity contribution in [3.8, 4) is 11.8 Å². The van der Waals surface area contributed by atoms with Gasteiger partial charge in [0.1, 0.15) is 11.6 Å². The van der Waals surface area contributed by atoms with Gasteiger partial charge in [0.25, 0.3) is 12.0 Å². The van der Waals surface area contributed by atoms with E-state index in [0.717, 1.165) is 23.8 Å². The summed E-state index contributed by atoms with van der Waals surface area (Å²) in [5.74, 6) is -0.276. The molecule has 7 nitrogen and oxygen atoms in total. The SMILES string of the molecule is COc1cc2c(=O)n(C)nc(N[C@H](C)c3cccc(C(F)F)c3F)c2cc1C1(C#N)CCN(C(C)C)CC1. The summed E-state index contributed by atoms with van der Waals surface area (Å²) in [4.78, 5) is 15.4. The summed E-state index contributed by atoms with van der Waals surface area (Å²) in [6.07, 6.45) is -1.77. The van der Waals surface area contributed by atoms with E-state index in [2.05, 4.69) is 35.2 Å². The van der Waals surface area contributed by atoms with Crippen LogP contribution in [0.1, 0.15) is 62.8 Å². The number of hydrogen-bond donors (Lipinski definition) is 1. The van der Waals surface area contributed by atoms with Crippen LogP contribution in [0.15, 0.2) is 35.1 Å². The lowest BCUT2D eigenvalue weighted by Crippen LogP contribution is -2.44. The quantitative estimate of drug-likeness (QED) is 0.440. The van der Waals surface area contributed by atoms with Crippen molar-refractivity contribution in [3.05, 3.63) is 63.2 Å². The number of nitrogens with one attached hydrogen (secondary N) is 1. The second-order valence-electron chi connectivity index (χ2n) is 10.1. The zero-order valence-electron chi connectivity index (χ0n) is 22.2. The highest BCUT2D eigenvalue weighted by molar-refractivity contribution is 5.93. The molecule has 10 heteroatoms. The van der Waals surface area contributed by atoms with Gasteiger partial charge in [0.15, 0.2) is 5.82 Å². The van der Waals surface area contributed by atoms with Crippen LogP contribution in [-0.2, 0) is 12.5 Å². The molecule has 0 unspecified atom stereocenters. The number of benzene rings is 2. The molecule has 0 aliphatic carbocycles. The van der Waals surface area contributed by atoms with Crippen LogP contribution in [0.2, 0.25) is 0 Å². The fourth-order valence-electron chi connectivity index (χ4n) is 5.24. The fourth-order valence-corrected chi connectivity index (χ4v) is 5.24. The first-order valence-corrected chi connectivity index (χ1v) is 12.6. The molecule has 0 bridgehead atoms. The lowest BCUT2D eigenvalue weighted by Gasteiger charge is -2.40. The molecule has 1 saturated heterocycles. The Bertz CT molecular complexity index is 1440. The predicted octanol–water partition coefficient (Wildman–Crippen LogP) is 5.46. The first kappa shape index (κ1) is 27.5. The van der Waals surface area contributed by atoms with Crippen LogP contribution in [0.4, 0.5) is 19.0 Å². The topological polar surface area (TPSA) is 83.2 Å². The molecule has 1 aromatic heterocycles. The largest absolute Gasteiger partial charge is 0.496 e. The highest BCUT2D eigenvalue weighted by atomic mass is 19.3. The van der Waals surface area contributed by atoms with E-state index in [4.69, 9.17) is 4.74 Å². The van der Waals surface area contributed by atoms with Crippen LogP contribution in [0.3, 0.4) is 0 Å². The van der Waals surface area contributed by atoms with Crippen molar-refractivity contribution < 1.29 is 17.9 Å². The normalized spacial score (nSPS) is 16.6. The molecule has 1 aliphatic rings. The average molecular weight is 528 g/mol. The fraction of sp³-hybridized carbons (Fsp3) is 0.464. The second kappa shape index (κ2) is 10.7. The Kier molecular flexibility index (Phi) is 7.70. The molecule has 38 heavy (non-hydrogen) atoms. The minimum absolute atomic E-state index is 0.0508. The molecule has 0 spiro atoms. The van der Waals surface area contributed by atoms with Gasteiger partial charge in [0.05, 0.1) is 35.6 Å². The van der Waals surface area contributed by atoms with Crippen molar-refractivity contribution in [1.82, 2.24) is 14.7 Å². The van der Waals surface area contributed by atoms with Gasteiger partial charge in [-0.2, -0.15) is 10.4 Å². The van der Waals surface area contributed by atoms with Gasteiger partial charge in [-0.25, -0.2) is 17.9 Å². The summed E-state index contributed by atoms with van der Waals surface area (Å²) < 4.78 is 48.3. The second-order valence-corrected chi connectivity index (χ2v) is 10.1. The van der Waals surface area contributed by atoms with Crippen molar-refractivity contribution >= 4 is 16.6 Å². The van der Waals surface area contributed by atoms with Gasteiger partial charge in [-0.3, -0.25) is 4.79 Å². The van der Waals surface area contributed by atoms with Crippen molar-refractivity contribution in [2.45, 2.75) is 57.5 Å². The molecule has 0 saturated carbocycles. The number of likely N-dealkylation sites (tertiary alicyclic amines) is 1. The van der Waals surface area contributed by atoms with Crippen LogP contribution < -0.4 is 15.6 Å². The Morgan fingerprint density at radius 3 is 2.37 bits per heavy atom. The third-order valence-electron chi connectivity index (χ3n) is 7.59. The molecule has 2 heterocycles. The molecule has 3 aromatic rings. The molecule has 1 atom stereocenters. The number of piperidine rings is 1. The van der Waals surface area contributed by atoms with E-state index in [0.29, 0.717) is 41.0 Å². The van der Waals surface area contributed by atoms with E-state index in [9.17, 15) is 23.2 Å². The molecule has 202 valence electrons. The highest BCUT2D eigenvalue weighted by Crippen LogP contribution is 2.43. The number of halogens is 3. The zero-order chi connectivity index (χ0) is 27.8. The van der Waals surface area contributed by atoms with Crippen molar-refractivity contribution in [3.63, 3.8) is 0 Å². The van der Waals surface area contributed by atoms with Crippen molar-refractivity contribution in [1.29, 1.82) is 5.26 Å². The summed E-state index contributed by atoms with van der Waals surface area (Å²) in [6.45, 7) is 7.36. The molecule has 4 rings (SSSR count). The molecule has 1 N–H and O–H groups in total. The Labute approximate surface area is 219 Å². The standard InChI is InChI=1S/C28H32F3N5O2/c1-16(2)36-11-9-28(15-32,10-12-36)22-13-20-21(14-23(22)38-5)27(37)35(4)34-26(20)33-17(3)18-7-6-8-19(24(18)29)25(30)31/h6-8,13-14,16-17,25H,9-12H2,1-5H3,(H,33,34)/t17-/m1/s1. The highest BCUT2D eigenvalue weighted by Gasteiger charge is 2.40. The van der Waals surface area contributed by atoms with E-state index in [1.54, 1.807) is 19.1 Å². The van der Waals surface area contributed by atoms with Gasteiger partial charge in [-0.05, 0) is 45.7 Å². The summed E-state index contributed by atoms with van der Waals surface area (Å²) in [5, 5.41) is 18.6. The number of aromatic nitrogens is 2. The number of aryl methyl sites for hydroxylation is 1. The number of anilines is 1. The lowest BCUT2D eigenvalue weighted by atomic mass is 9.73. The van der Waals surface area contributed by atoms with Gasteiger partial charge < -0.3 is 15.0 Å². The zero-order valence-corrected chi connectivity index (χ0v) is 22.2. The first-order valence-electron chi connectivity index (χ1n) is 12.6. The maximum absolute atomic E-state index is 14.9. The van der Waals surface area contributed by atoms with E-state index in [-0.39, 0.29) is 16.9 Å². The number of fused-ring (bicyclic) bond motifs is 1. The molecular weight excluding hydrogens is 495 g/mol. The molecule has 1 aliphatic heterocycles. The molecule has 2 aromatic carbocycles. The lowest BCUT2D eigenvalue weighted by molar-refractivity contribution is 0.146. The van der Waals surface area contributed by atoms with Gasteiger partial charge in [0.2, 0.25) is 0 Å². The Morgan fingerprint density at radius 1 is 1.13 bits per heavy atom. The smallest absolute Gasteiger partial charge is 0.274 e. The minimum Gasteiger partial charge on any atom is -0.496 e. The monoisotopic (exact) mass is 527 g/mol. The van der Waals surface area contributed by atoms with E-state index in [1.165, 1.54) is 26.3 Å². The molecule has 0 radical (unpaired) electrons. The number of ether oxygens (including phenoxy) is 1. The third kappa shape index (κ3) is 4.83. The number of nitrogens with zero attached hydrogens (tertiary/aromatic N) is 4. The van der Waals surface area contributed by atoms with E-state index in [1.807, 2.05) is 0 Å². The van der Waals surface area contributed by atoms with Crippen LogP contribution in [-0.4, -0.2) is 40.9 Å². The van der Waals surface area contributed by atoms with Gasteiger partial charge in [-0.15, -0.1) is 0 Å². The number of methoxy groups -OCH3 is 1. The minimum atomic E-state index is -2.95. The summed E-state index contributed by atoms with van der Waals surface area (Å²) in [5.41, 5.74) is -1.16. The predicted molar refractivity (Wildman–Crippen MR) is 140 cm³/mol. The van der Waals surface area contributed by atoms with E-state index >= 15 is 0 Å². The molecule has 1 fully saturated rings. The summed E-state index contributed by atoms with van der Waals surface area (Å²) in [6, 6.07) is 9.39. The number of alkyl halides is 2.